The van der Waals surface area contributed by atoms with E-state index in [0.29, 0.717) is 12.2 Å². The molecule has 136 valence electrons. The molecule has 0 saturated carbocycles. The first kappa shape index (κ1) is 19.2. The fourth-order valence-corrected chi connectivity index (χ4v) is 4.23. The van der Waals surface area contributed by atoms with Gasteiger partial charge in [-0.2, -0.15) is 0 Å². The second-order valence-electron chi connectivity index (χ2n) is 8.14. The molecule has 2 saturated heterocycles. The van der Waals surface area contributed by atoms with Crippen LogP contribution in [-0.4, -0.2) is 36.1 Å². The lowest BCUT2D eigenvalue weighted by molar-refractivity contribution is -0.0991. The summed E-state index contributed by atoms with van der Waals surface area (Å²) >= 11 is 0. The maximum atomic E-state index is 11.4. The maximum Gasteiger partial charge on any atom is 0.0816 e. The lowest BCUT2D eigenvalue weighted by Gasteiger charge is -2.46. The van der Waals surface area contributed by atoms with Crippen molar-refractivity contribution in [2.45, 2.75) is 109 Å². The van der Waals surface area contributed by atoms with Crippen LogP contribution in [0, 0.1) is 5.41 Å². The molecule has 0 amide bonds. The van der Waals surface area contributed by atoms with Gasteiger partial charge in [0.15, 0.2) is 0 Å². The largest absolute Gasteiger partial charge is 0.390 e. The Kier molecular flexibility index (Phi) is 7.37. The van der Waals surface area contributed by atoms with Crippen LogP contribution in [-0.2, 0) is 9.47 Å². The van der Waals surface area contributed by atoms with Crippen molar-refractivity contribution in [1.82, 2.24) is 0 Å². The van der Waals surface area contributed by atoms with Crippen molar-refractivity contribution in [1.29, 1.82) is 0 Å². The summed E-state index contributed by atoms with van der Waals surface area (Å²) in [5.41, 5.74) is -0.640. The SMILES string of the molecule is CCCCCCCCC(C)(O)C(CCC)(CC1CO1)CC1CO1. The standard InChI is InChI=1S/C20H38O3/c1-4-6-7-8-9-10-12-19(3,21)20(11-5-2,13-17-15-22-17)14-18-16-23-18/h17-18,21H,4-16H2,1-3H3. The molecule has 0 bridgehead atoms. The molecule has 0 aromatic heterocycles. The molecule has 3 nitrogen and oxygen atoms in total. The van der Waals surface area contributed by atoms with E-state index in [9.17, 15) is 5.11 Å². The molecule has 0 aliphatic carbocycles. The average Bonchev–Trinajstić information content (AvgIpc) is 3.39. The molecular formula is C20H38O3. The summed E-state index contributed by atoms with van der Waals surface area (Å²) in [6.45, 7) is 8.33. The van der Waals surface area contributed by atoms with Crippen LogP contribution in [0.25, 0.3) is 0 Å². The van der Waals surface area contributed by atoms with Crippen LogP contribution in [0.2, 0.25) is 0 Å². The predicted octanol–water partition coefficient (Wildman–Crippen LogP) is 4.85. The van der Waals surface area contributed by atoms with Gasteiger partial charge in [0, 0.05) is 5.41 Å². The highest BCUT2D eigenvalue weighted by molar-refractivity contribution is 5.01. The molecule has 0 radical (unpaired) electrons. The summed E-state index contributed by atoms with van der Waals surface area (Å²) in [4.78, 5) is 0. The van der Waals surface area contributed by atoms with Crippen molar-refractivity contribution in [2.24, 2.45) is 5.41 Å². The zero-order valence-corrected chi connectivity index (χ0v) is 15.6. The molecule has 0 aromatic rings. The Labute approximate surface area is 143 Å². The van der Waals surface area contributed by atoms with Gasteiger partial charge in [-0.05, 0) is 32.6 Å². The highest BCUT2D eigenvalue weighted by atomic mass is 16.6. The van der Waals surface area contributed by atoms with Gasteiger partial charge in [-0.25, -0.2) is 0 Å². The Morgan fingerprint density at radius 1 is 0.826 bits per heavy atom. The smallest absolute Gasteiger partial charge is 0.0816 e. The van der Waals surface area contributed by atoms with Crippen LogP contribution in [0.4, 0.5) is 0 Å². The van der Waals surface area contributed by atoms with Gasteiger partial charge >= 0.3 is 0 Å². The molecule has 2 rings (SSSR count). The van der Waals surface area contributed by atoms with Gasteiger partial charge in [0.05, 0.1) is 31.0 Å². The zero-order chi connectivity index (χ0) is 16.8. The first-order valence-electron chi connectivity index (χ1n) is 9.98. The molecule has 0 aromatic carbocycles. The quantitative estimate of drug-likeness (QED) is 0.366. The van der Waals surface area contributed by atoms with E-state index in [0.717, 1.165) is 51.7 Å². The fourth-order valence-electron chi connectivity index (χ4n) is 4.23. The molecule has 2 aliphatic heterocycles. The lowest BCUT2D eigenvalue weighted by Crippen LogP contribution is -2.48. The number of hydrogen-bond donors (Lipinski definition) is 1. The van der Waals surface area contributed by atoms with E-state index in [1.165, 1.54) is 32.1 Å². The maximum absolute atomic E-state index is 11.4. The van der Waals surface area contributed by atoms with Crippen LogP contribution >= 0.6 is 0 Å². The van der Waals surface area contributed by atoms with Crippen molar-refractivity contribution < 1.29 is 14.6 Å². The van der Waals surface area contributed by atoms with Gasteiger partial charge in [-0.1, -0.05) is 58.8 Å². The van der Waals surface area contributed by atoms with E-state index in [1.54, 1.807) is 0 Å². The molecule has 2 fully saturated rings. The Bertz CT molecular complexity index is 318. The number of aliphatic hydroxyl groups is 1. The fraction of sp³-hybridized carbons (Fsp3) is 1.00. The van der Waals surface area contributed by atoms with E-state index in [4.69, 9.17) is 9.47 Å². The van der Waals surface area contributed by atoms with E-state index in [2.05, 4.69) is 20.8 Å². The summed E-state index contributed by atoms with van der Waals surface area (Å²) in [5, 5.41) is 11.4. The number of hydrogen-bond acceptors (Lipinski definition) is 3. The summed E-state index contributed by atoms with van der Waals surface area (Å²) in [7, 11) is 0. The third-order valence-electron chi connectivity index (χ3n) is 5.93. The molecule has 3 atom stereocenters. The van der Waals surface area contributed by atoms with Gasteiger partial charge in [0.1, 0.15) is 0 Å². The summed E-state index contributed by atoms with van der Waals surface area (Å²) in [5.74, 6) is 0. The van der Waals surface area contributed by atoms with Crippen LogP contribution in [0.1, 0.15) is 91.4 Å². The number of rotatable bonds is 14. The third kappa shape index (κ3) is 6.03. The third-order valence-corrected chi connectivity index (χ3v) is 5.93. The van der Waals surface area contributed by atoms with Crippen LogP contribution in [0.15, 0.2) is 0 Å². The minimum absolute atomic E-state index is 0.0342. The first-order valence-corrected chi connectivity index (χ1v) is 9.98. The highest BCUT2D eigenvalue weighted by Crippen LogP contribution is 2.50. The second-order valence-corrected chi connectivity index (χ2v) is 8.14. The van der Waals surface area contributed by atoms with Crippen LogP contribution in [0.3, 0.4) is 0 Å². The summed E-state index contributed by atoms with van der Waals surface area (Å²) < 4.78 is 11.1. The Hall–Kier alpha value is -0.120. The van der Waals surface area contributed by atoms with Gasteiger partial charge < -0.3 is 14.6 Å². The first-order chi connectivity index (χ1) is 11.0. The zero-order valence-electron chi connectivity index (χ0n) is 15.6. The summed E-state index contributed by atoms with van der Waals surface area (Å²) in [6.07, 6.45) is 13.5. The molecule has 0 spiro atoms. The molecular weight excluding hydrogens is 288 g/mol. The Morgan fingerprint density at radius 2 is 1.35 bits per heavy atom. The molecule has 2 aliphatic rings. The number of unbranched alkanes of at least 4 members (excludes halogenated alkanes) is 5. The Balaban J connectivity index is 1.90. The van der Waals surface area contributed by atoms with Crippen molar-refractivity contribution in [3.8, 4) is 0 Å². The van der Waals surface area contributed by atoms with E-state index >= 15 is 0 Å². The molecule has 3 heteroatoms. The number of epoxide rings is 2. The van der Waals surface area contributed by atoms with Crippen molar-refractivity contribution in [2.75, 3.05) is 13.2 Å². The number of ether oxygens (including phenoxy) is 2. The summed E-state index contributed by atoms with van der Waals surface area (Å²) in [6, 6.07) is 0. The normalized spacial score (nSPS) is 28.2. The highest BCUT2D eigenvalue weighted by Gasteiger charge is 2.51. The monoisotopic (exact) mass is 326 g/mol. The van der Waals surface area contributed by atoms with Crippen molar-refractivity contribution in [3.63, 3.8) is 0 Å². The molecule has 3 unspecified atom stereocenters. The van der Waals surface area contributed by atoms with Gasteiger partial charge in [-0.3, -0.25) is 0 Å². The predicted molar refractivity (Wildman–Crippen MR) is 94.7 cm³/mol. The van der Waals surface area contributed by atoms with Crippen molar-refractivity contribution in [3.05, 3.63) is 0 Å². The van der Waals surface area contributed by atoms with E-state index in [1.807, 2.05) is 0 Å². The van der Waals surface area contributed by atoms with Gasteiger partial charge in [0.25, 0.3) is 0 Å². The second kappa shape index (κ2) is 8.82. The topological polar surface area (TPSA) is 45.3 Å². The van der Waals surface area contributed by atoms with Gasteiger partial charge in [0.2, 0.25) is 0 Å². The van der Waals surface area contributed by atoms with Gasteiger partial charge in [-0.15, -0.1) is 0 Å². The Morgan fingerprint density at radius 3 is 1.83 bits per heavy atom. The lowest BCUT2D eigenvalue weighted by atomic mass is 9.62. The van der Waals surface area contributed by atoms with E-state index < -0.39 is 5.60 Å². The molecule has 2 heterocycles. The minimum atomic E-state index is -0.605. The van der Waals surface area contributed by atoms with Crippen LogP contribution < -0.4 is 0 Å². The van der Waals surface area contributed by atoms with Crippen LogP contribution in [0.5, 0.6) is 0 Å². The molecule has 1 N–H and O–H groups in total. The van der Waals surface area contributed by atoms with E-state index in [-0.39, 0.29) is 5.41 Å². The molecule has 23 heavy (non-hydrogen) atoms. The average molecular weight is 327 g/mol. The van der Waals surface area contributed by atoms with Crippen molar-refractivity contribution >= 4 is 0 Å². The minimum Gasteiger partial charge on any atom is -0.390 e.